The first-order valence-electron chi connectivity index (χ1n) is 10.0. The van der Waals surface area contributed by atoms with E-state index >= 15 is 0 Å². The Balaban J connectivity index is 1.27. The van der Waals surface area contributed by atoms with Crippen molar-refractivity contribution in [2.75, 3.05) is 13.2 Å². The smallest absolute Gasteiger partial charge is 0.247 e. The average Bonchev–Trinajstić information content (AvgIpc) is 3.11. The van der Waals surface area contributed by atoms with E-state index in [4.69, 9.17) is 25.8 Å². The molecule has 0 saturated heterocycles. The number of carbonyl (C=O) groups excluding carboxylic acids is 1. The predicted octanol–water partition coefficient (Wildman–Crippen LogP) is 4.23. The molecule has 0 radical (unpaired) electrons. The van der Waals surface area contributed by atoms with Crippen LogP contribution in [0.2, 0.25) is 5.02 Å². The largest absolute Gasteiger partial charge is 0.476 e. The van der Waals surface area contributed by atoms with Crippen LogP contribution in [0.1, 0.15) is 26.7 Å². The molecule has 1 aromatic carbocycles. The molecule has 1 saturated carbocycles. The lowest BCUT2D eigenvalue weighted by molar-refractivity contribution is -0.120. The number of aromatic nitrogens is 3. The highest BCUT2D eigenvalue weighted by Gasteiger charge is 2.31. The summed E-state index contributed by atoms with van der Waals surface area (Å²) in [6.45, 7) is 4.41. The van der Waals surface area contributed by atoms with E-state index in [1.807, 2.05) is 31.2 Å². The number of hydrogen-bond donors (Lipinski definition) is 1. The van der Waals surface area contributed by atoms with E-state index in [1.54, 1.807) is 0 Å². The van der Waals surface area contributed by atoms with Crippen LogP contribution in [-0.4, -0.2) is 45.6 Å². The van der Waals surface area contributed by atoms with Gasteiger partial charge in [-0.25, -0.2) is 4.98 Å². The van der Waals surface area contributed by atoms with Gasteiger partial charge in [-0.05, 0) is 49.3 Å². The van der Waals surface area contributed by atoms with Crippen LogP contribution < -0.4 is 14.8 Å². The number of benzene rings is 1. The summed E-state index contributed by atoms with van der Waals surface area (Å²) in [6, 6.07) is 7.79. The minimum Gasteiger partial charge on any atom is -0.476 e. The van der Waals surface area contributed by atoms with Gasteiger partial charge in [-0.3, -0.25) is 4.79 Å². The van der Waals surface area contributed by atoms with Crippen LogP contribution in [0.3, 0.4) is 0 Å². The molecule has 1 amide bonds. The van der Waals surface area contributed by atoms with Crippen molar-refractivity contribution in [3.05, 3.63) is 35.6 Å². The van der Waals surface area contributed by atoms with Crippen LogP contribution >= 0.6 is 23.1 Å². The normalized spacial score (nSPS) is 18.9. The number of amides is 1. The van der Waals surface area contributed by atoms with Crippen molar-refractivity contribution in [1.29, 1.82) is 0 Å². The molecule has 4 rings (SSSR count). The fourth-order valence-corrected chi connectivity index (χ4v) is 4.25. The Morgan fingerprint density at radius 1 is 1.26 bits per heavy atom. The lowest BCUT2D eigenvalue weighted by atomic mass is 9.83. The second-order valence-corrected chi connectivity index (χ2v) is 8.77. The molecule has 2 aromatic heterocycles. The molecule has 3 aromatic rings. The molecule has 2 heterocycles. The number of halogens is 1. The maximum absolute atomic E-state index is 11.0. The molecule has 164 valence electrons. The molecule has 8 nitrogen and oxygen atoms in total. The van der Waals surface area contributed by atoms with Gasteiger partial charge < -0.3 is 19.5 Å². The molecule has 10 heteroatoms. The van der Waals surface area contributed by atoms with Gasteiger partial charge in [0.05, 0.1) is 29.4 Å². The number of ether oxygens (including phenoxy) is 3. The summed E-state index contributed by atoms with van der Waals surface area (Å²) in [5, 5.41) is 3.93. The third-order valence-corrected chi connectivity index (χ3v) is 6.08. The quantitative estimate of drug-likeness (QED) is 0.508. The minimum atomic E-state index is -0.0518. The number of nitrogens with one attached hydrogen (secondary N) is 1. The monoisotopic (exact) mass is 462 g/mol. The van der Waals surface area contributed by atoms with Crippen molar-refractivity contribution < 1.29 is 19.0 Å². The molecule has 1 aliphatic carbocycles. The van der Waals surface area contributed by atoms with E-state index in [0.29, 0.717) is 25.0 Å². The van der Waals surface area contributed by atoms with Crippen molar-refractivity contribution in [1.82, 2.24) is 19.7 Å². The Labute approximate surface area is 189 Å². The molecule has 1 fully saturated rings. The molecule has 31 heavy (non-hydrogen) atoms. The highest BCUT2D eigenvalue weighted by Crippen LogP contribution is 2.37. The van der Waals surface area contributed by atoms with Crippen LogP contribution in [0, 0.1) is 5.92 Å². The van der Waals surface area contributed by atoms with E-state index in [9.17, 15) is 4.79 Å². The Bertz CT molecular complexity index is 1060. The number of fused-ring (bicyclic) bond motifs is 1. The molecule has 1 N–H and O–H groups in total. The lowest BCUT2D eigenvalue weighted by Gasteiger charge is -2.35. The fourth-order valence-electron chi connectivity index (χ4n) is 3.35. The van der Waals surface area contributed by atoms with Crippen LogP contribution in [0.5, 0.6) is 17.6 Å². The second kappa shape index (κ2) is 9.76. The zero-order valence-electron chi connectivity index (χ0n) is 17.2. The molecule has 0 spiro atoms. The van der Waals surface area contributed by atoms with Gasteiger partial charge in [0.25, 0.3) is 0 Å². The van der Waals surface area contributed by atoms with Crippen LogP contribution in [-0.2, 0) is 9.53 Å². The SMILES string of the molecule is CC(=O)N[C@@H](C)CO[C@H]1C[C@H](COc2ncnc(Oc3nsc4ccccc34)c2Cl)C1. The number of rotatable bonds is 9. The van der Waals surface area contributed by atoms with Gasteiger partial charge in [0, 0.05) is 13.0 Å². The van der Waals surface area contributed by atoms with Crippen molar-refractivity contribution in [3.63, 3.8) is 0 Å². The van der Waals surface area contributed by atoms with Gasteiger partial charge in [0.2, 0.25) is 23.5 Å². The zero-order chi connectivity index (χ0) is 21.8. The van der Waals surface area contributed by atoms with Gasteiger partial charge >= 0.3 is 0 Å². The van der Waals surface area contributed by atoms with Gasteiger partial charge in [0.15, 0.2) is 5.02 Å². The fraction of sp³-hybridized carbons (Fsp3) is 0.429. The van der Waals surface area contributed by atoms with Gasteiger partial charge in [-0.15, -0.1) is 0 Å². The Morgan fingerprint density at radius 2 is 2.03 bits per heavy atom. The highest BCUT2D eigenvalue weighted by atomic mass is 35.5. The van der Waals surface area contributed by atoms with E-state index in [-0.39, 0.29) is 34.8 Å². The van der Waals surface area contributed by atoms with E-state index in [2.05, 4.69) is 19.7 Å². The zero-order valence-corrected chi connectivity index (χ0v) is 18.8. The van der Waals surface area contributed by atoms with Crippen molar-refractivity contribution in [3.8, 4) is 17.6 Å². The summed E-state index contributed by atoms with van der Waals surface area (Å²) in [7, 11) is 0. The number of carbonyl (C=O) groups is 1. The summed E-state index contributed by atoms with van der Waals surface area (Å²) >= 11 is 7.77. The Morgan fingerprint density at radius 3 is 2.84 bits per heavy atom. The van der Waals surface area contributed by atoms with Crippen LogP contribution in [0.4, 0.5) is 0 Å². The van der Waals surface area contributed by atoms with Crippen LogP contribution in [0.25, 0.3) is 10.1 Å². The molecule has 0 unspecified atom stereocenters. The molecular formula is C21H23ClN4O4S. The first kappa shape index (κ1) is 21.7. The summed E-state index contributed by atoms with van der Waals surface area (Å²) in [5.74, 6) is 1.27. The minimum absolute atomic E-state index is 0.000818. The first-order chi connectivity index (χ1) is 15.0. The van der Waals surface area contributed by atoms with Crippen molar-refractivity contribution in [2.24, 2.45) is 5.92 Å². The van der Waals surface area contributed by atoms with E-state index in [1.165, 1.54) is 24.8 Å². The topological polar surface area (TPSA) is 95.5 Å². The summed E-state index contributed by atoms with van der Waals surface area (Å²) in [4.78, 5) is 19.3. The van der Waals surface area contributed by atoms with Gasteiger partial charge in [-0.2, -0.15) is 9.36 Å². The Hall–Kier alpha value is -2.49. The van der Waals surface area contributed by atoms with E-state index in [0.717, 1.165) is 22.9 Å². The number of hydrogen-bond acceptors (Lipinski definition) is 8. The lowest BCUT2D eigenvalue weighted by Crippen LogP contribution is -2.40. The van der Waals surface area contributed by atoms with Crippen molar-refractivity contribution >= 4 is 39.1 Å². The van der Waals surface area contributed by atoms with E-state index < -0.39 is 0 Å². The third kappa shape index (κ3) is 5.41. The predicted molar refractivity (Wildman–Crippen MR) is 118 cm³/mol. The van der Waals surface area contributed by atoms with Crippen molar-refractivity contribution in [2.45, 2.75) is 38.8 Å². The third-order valence-electron chi connectivity index (χ3n) is 4.94. The number of nitrogens with zero attached hydrogens (tertiary/aromatic N) is 3. The second-order valence-electron chi connectivity index (χ2n) is 7.59. The maximum Gasteiger partial charge on any atom is 0.247 e. The first-order valence-corrected chi connectivity index (χ1v) is 11.2. The summed E-state index contributed by atoms with van der Waals surface area (Å²) < 4.78 is 22.8. The summed E-state index contributed by atoms with van der Waals surface area (Å²) in [6.07, 6.45) is 3.33. The molecule has 1 atom stereocenters. The standard InChI is InChI=1S/C21H23ClN4O4S/c1-12(25-13(2)27)9-28-15-7-14(8-15)10-29-20-18(22)21(24-11-23-20)30-19-16-5-3-4-6-17(16)31-26-19/h3-6,11-12,14-15H,7-10H2,1-2H3,(H,25,27)/t12-,14-,15-/m0/s1. The molecule has 0 bridgehead atoms. The Kier molecular flexibility index (Phi) is 6.84. The molecule has 0 aliphatic heterocycles. The maximum atomic E-state index is 11.0. The van der Waals surface area contributed by atoms with Gasteiger partial charge in [0.1, 0.15) is 6.33 Å². The van der Waals surface area contributed by atoms with Gasteiger partial charge in [-0.1, -0.05) is 23.7 Å². The van der Waals surface area contributed by atoms with Crippen LogP contribution in [0.15, 0.2) is 30.6 Å². The average molecular weight is 463 g/mol. The molecular weight excluding hydrogens is 440 g/mol. The molecule has 1 aliphatic rings. The highest BCUT2D eigenvalue weighted by molar-refractivity contribution is 7.13. The summed E-state index contributed by atoms with van der Waals surface area (Å²) in [5.41, 5.74) is 0.